The average Bonchev–Trinajstić information content (AvgIpc) is 2.47. The first kappa shape index (κ1) is 16.1. The van der Waals surface area contributed by atoms with Crippen molar-refractivity contribution in [2.75, 3.05) is 0 Å². The van der Waals surface area contributed by atoms with Gasteiger partial charge in [0.1, 0.15) is 10.8 Å². The van der Waals surface area contributed by atoms with Crippen molar-refractivity contribution in [1.29, 1.82) is 0 Å². The predicted molar refractivity (Wildman–Crippen MR) is 78.7 cm³/mol. The molecule has 2 rings (SSSR count). The third-order valence-electron chi connectivity index (χ3n) is 2.68. The highest BCUT2D eigenvalue weighted by Gasteiger charge is 2.32. The van der Waals surface area contributed by atoms with Crippen LogP contribution in [0, 0.1) is 17.7 Å². The molecule has 0 unspecified atom stereocenters. The van der Waals surface area contributed by atoms with E-state index in [1.165, 1.54) is 6.07 Å². The second-order valence-electron chi connectivity index (χ2n) is 4.34. The topological polar surface area (TPSA) is 0 Å². The number of rotatable bonds is 1. The van der Waals surface area contributed by atoms with Gasteiger partial charge < -0.3 is 0 Å². The molecule has 0 saturated heterocycles. The quantitative estimate of drug-likeness (QED) is 0.489. The molecule has 2 aromatic carbocycles. The van der Waals surface area contributed by atoms with Crippen LogP contribution in [0.1, 0.15) is 16.7 Å². The van der Waals surface area contributed by atoms with Crippen LogP contribution in [0.3, 0.4) is 0 Å². The van der Waals surface area contributed by atoms with Crippen molar-refractivity contribution in [3.63, 3.8) is 0 Å². The van der Waals surface area contributed by atoms with E-state index in [4.69, 9.17) is 11.6 Å². The smallest absolute Gasteiger partial charge is 0.207 e. The zero-order valence-electron chi connectivity index (χ0n) is 11.1. The molecule has 0 nitrogen and oxygen atoms in total. The lowest BCUT2D eigenvalue weighted by Crippen LogP contribution is -2.06. The average molecular weight is 325 g/mol. The molecular weight excluding hydrogens is 316 g/mol. The second-order valence-corrected chi connectivity index (χ2v) is 4.74. The van der Waals surface area contributed by atoms with Crippen LogP contribution >= 0.6 is 11.6 Å². The Hall–Kier alpha value is -2.25. The number of hydrogen-bond donors (Lipinski definition) is 0. The Bertz CT molecular complexity index is 750. The highest BCUT2D eigenvalue weighted by Crippen LogP contribution is 2.31. The summed E-state index contributed by atoms with van der Waals surface area (Å²) in [7, 11) is 0. The van der Waals surface area contributed by atoms with Crippen molar-refractivity contribution < 1.29 is 17.6 Å². The fourth-order valence-electron chi connectivity index (χ4n) is 1.64. The number of halogens is 5. The Morgan fingerprint density at radius 1 is 1.00 bits per heavy atom. The minimum absolute atomic E-state index is 0.104. The van der Waals surface area contributed by atoms with Crippen molar-refractivity contribution in [2.24, 2.45) is 0 Å². The molecule has 22 heavy (non-hydrogen) atoms. The first-order valence-electron chi connectivity index (χ1n) is 6.17. The largest absolute Gasteiger partial charge is 0.426 e. The van der Waals surface area contributed by atoms with Gasteiger partial charge in [-0.05, 0) is 35.9 Å². The normalized spacial score (nSPS) is 11.8. The maximum Gasteiger partial charge on any atom is 0.426 e. The predicted octanol–water partition coefficient (Wildman–Crippen LogP) is 5.37. The fraction of sp³-hybridized carbons (Fsp3) is 0.0588. The van der Waals surface area contributed by atoms with Crippen LogP contribution in [0.25, 0.3) is 6.08 Å². The van der Waals surface area contributed by atoms with Gasteiger partial charge in [0, 0.05) is 11.1 Å². The summed E-state index contributed by atoms with van der Waals surface area (Å²) in [6, 6.07) is 12.2. The second kappa shape index (κ2) is 6.67. The summed E-state index contributed by atoms with van der Waals surface area (Å²) in [4.78, 5) is 0. The molecule has 0 aromatic heterocycles. The van der Waals surface area contributed by atoms with Crippen LogP contribution in [0.4, 0.5) is 17.6 Å². The van der Waals surface area contributed by atoms with Crippen LogP contribution in [0.2, 0.25) is 0 Å². The zero-order chi connectivity index (χ0) is 16.2. The van der Waals surface area contributed by atoms with E-state index >= 15 is 0 Å². The summed E-state index contributed by atoms with van der Waals surface area (Å²) in [5, 5.41) is -1.29. The molecule has 0 N–H and O–H groups in total. The van der Waals surface area contributed by atoms with Crippen LogP contribution < -0.4 is 0 Å². The Morgan fingerprint density at radius 2 is 1.68 bits per heavy atom. The number of alkyl halides is 3. The number of allylic oxidation sites excluding steroid dienone is 1. The molecule has 0 atom stereocenters. The number of hydrogen-bond acceptors (Lipinski definition) is 0. The van der Waals surface area contributed by atoms with E-state index in [1.54, 1.807) is 24.3 Å². The molecule has 0 aliphatic rings. The minimum atomic E-state index is -4.65. The van der Waals surface area contributed by atoms with Crippen molar-refractivity contribution in [3.05, 3.63) is 76.1 Å². The summed E-state index contributed by atoms with van der Waals surface area (Å²) < 4.78 is 50.8. The van der Waals surface area contributed by atoms with Gasteiger partial charge in [0.25, 0.3) is 0 Å². The standard InChI is InChI=1S/C17H9ClF4/c18-16(17(20,21)22)11-14-8-9-15(19)10-13(14)7-6-12-4-2-1-3-5-12/h1-5,8-11H. The molecule has 2 aromatic rings. The molecule has 0 amide bonds. The molecule has 112 valence electrons. The molecule has 5 heteroatoms. The summed E-state index contributed by atoms with van der Waals surface area (Å²) in [6.45, 7) is 0. The van der Waals surface area contributed by atoms with Gasteiger partial charge in [0.05, 0.1) is 0 Å². The lowest BCUT2D eigenvalue weighted by molar-refractivity contribution is -0.0836. The first-order chi connectivity index (χ1) is 10.4. The molecule has 0 bridgehead atoms. The van der Waals surface area contributed by atoms with Crippen molar-refractivity contribution in [2.45, 2.75) is 6.18 Å². The van der Waals surface area contributed by atoms with Gasteiger partial charge in [0.2, 0.25) is 0 Å². The molecule has 0 fully saturated rings. The van der Waals surface area contributed by atoms with Crippen molar-refractivity contribution >= 4 is 17.7 Å². The van der Waals surface area contributed by atoms with Crippen LogP contribution in [-0.4, -0.2) is 6.18 Å². The zero-order valence-corrected chi connectivity index (χ0v) is 11.8. The Morgan fingerprint density at radius 3 is 2.32 bits per heavy atom. The summed E-state index contributed by atoms with van der Waals surface area (Å²) >= 11 is 5.21. The van der Waals surface area contributed by atoms with Crippen LogP contribution in [0.15, 0.2) is 53.6 Å². The van der Waals surface area contributed by atoms with Gasteiger partial charge in [-0.15, -0.1) is 0 Å². The van der Waals surface area contributed by atoms with E-state index in [-0.39, 0.29) is 11.1 Å². The molecule has 0 aliphatic heterocycles. The summed E-state index contributed by atoms with van der Waals surface area (Å²) in [5.41, 5.74) is 0.905. The Labute approximate surface area is 130 Å². The van der Waals surface area contributed by atoms with Crippen LogP contribution in [0.5, 0.6) is 0 Å². The van der Waals surface area contributed by atoms with E-state index in [0.29, 0.717) is 5.56 Å². The lowest BCUT2D eigenvalue weighted by Gasteiger charge is -2.05. The van der Waals surface area contributed by atoms with Gasteiger partial charge in [-0.2, -0.15) is 13.2 Å². The minimum Gasteiger partial charge on any atom is -0.207 e. The Balaban J connectivity index is 2.44. The summed E-state index contributed by atoms with van der Waals surface area (Å²) in [5.74, 6) is 4.85. The SMILES string of the molecule is Fc1ccc(C=C(Cl)C(F)(F)F)c(C#Cc2ccccc2)c1. The van der Waals surface area contributed by atoms with Gasteiger partial charge >= 0.3 is 6.18 Å². The van der Waals surface area contributed by atoms with Gasteiger partial charge in [-0.25, -0.2) is 4.39 Å². The van der Waals surface area contributed by atoms with Crippen molar-refractivity contribution in [3.8, 4) is 11.8 Å². The molecule has 0 spiro atoms. The van der Waals surface area contributed by atoms with E-state index in [2.05, 4.69) is 11.8 Å². The third kappa shape index (κ3) is 4.37. The van der Waals surface area contributed by atoms with Crippen molar-refractivity contribution in [1.82, 2.24) is 0 Å². The molecule has 0 radical (unpaired) electrons. The molecule has 0 saturated carbocycles. The Kier molecular flexibility index (Phi) is 4.89. The maximum atomic E-state index is 13.3. The van der Waals surface area contributed by atoms with Gasteiger partial charge in [-0.3, -0.25) is 0 Å². The fourth-order valence-corrected chi connectivity index (χ4v) is 1.76. The molecule has 0 heterocycles. The maximum absolute atomic E-state index is 13.3. The molecular formula is C17H9ClF4. The van der Waals surface area contributed by atoms with E-state index < -0.39 is 17.0 Å². The van der Waals surface area contributed by atoms with Gasteiger partial charge in [0.15, 0.2) is 0 Å². The summed E-state index contributed by atoms with van der Waals surface area (Å²) in [6.07, 6.45) is -3.92. The highest BCUT2D eigenvalue weighted by molar-refractivity contribution is 6.32. The lowest BCUT2D eigenvalue weighted by atomic mass is 10.1. The monoisotopic (exact) mass is 324 g/mol. The van der Waals surface area contributed by atoms with E-state index in [0.717, 1.165) is 18.2 Å². The molecule has 0 aliphatic carbocycles. The van der Waals surface area contributed by atoms with E-state index in [1.807, 2.05) is 6.07 Å². The highest BCUT2D eigenvalue weighted by atomic mass is 35.5. The van der Waals surface area contributed by atoms with Crippen LogP contribution in [-0.2, 0) is 0 Å². The third-order valence-corrected chi connectivity index (χ3v) is 3.01. The first-order valence-corrected chi connectivity index (χ1v) is 6.55. The van der Waals surface area contributed by atoms with E-state index in [9.17, 15) is 17.6 Å². The van der Waals surface area contributed by atoms with Gasteiger partial charge in [-0.1, -0.05) is 47.7 Å². The number of benzene rings is 2.